The highest BCUT2D eigenvalue weighted by Gasteiger charge is 2.24. The van der Waals surface area contributed by atoms with Gasteiger partial charge in [0.1, 0.15) is 11.2 Å². The Bertz CT molecular complexity index is 3330. The monoisotopic (exact) mass is 779 g/mol. The van der Waals surface area contributed by atoms with Crippen LogP contribution in [0.2, 0.25) is 0 Å². The van der Waals surface area contributed by atoms with E-state index in [1.807, 2.05) is 60.7 Å². The zero-order chi connectivity index (χ0) is 40.5. The number of para-hydroxylation sites is 1. The SMILES string of the molecule is c1ccc(-c2nc(-c3cccc(-c4cc(-c5ccccc5)c(-c5ccccc5)c(-c5ccccc5)c4-c4ccccc4)c3)nc(-c3ccc4oc5ccccc5c4c3)n2)cc1. The summed E-state index contributed by atoms with van der Waals surface area (Å²) in [4.78, 5) is 15.5. The van der Waals surface area contributed by atoms with Crippen LogP contribution < -0.4 is 0 Å². The maximum absolute atomic E-state index is 6.18. The number of furan rings is 1. The minimum Gasteiger partial charge on any atom is -0.456 e. The van der Waals surface area contributed by atoms with E-state index in [9.17, 15) is 0 Å². The van der Waals surface area contributed by atoms with Gasteiger partial charge < -0.3 is 4.42 Å². The predicted octanol–water partition coefficient (Wildman–Crippen LogP) is 15.1. The molecule has 4 heteroatoms. The summed E-state index contributed by atoms with van der Waals surface area (Å²) in [5, 5.41) is 2.08. The van der Waals surface area contributed by atoms with Crippen molar-refractivity contribution in [3.05, 3.63) is 224 Å². The molecular weight excluding hydrogens is 743 g/mol. The number of hydrogen-bond acceptors (Lipinski definition) is 4. The van der Waals surface area contributed by atoms with Gasteiger partial charge in [-0.05, 0) is 92.0 Å². The molecule has 0 spiro atoms. The lowest BCUT2D eigenvalue weighted by atomic mass is 9.79. The first-order chi connectivity index (χ1) is 30.2. The molecule has 0 atom stereocenters. The van der Waals surface area contributed by atoms with Crippen LogP contribution in [0.3, 0.4) is 0 Å². The van der Waals surface area contributed by atoms with Crippen LogP contribution in [-0.4, -0.2) is 15.0 Å². The highest BCUT2D eigenvalue weighted by Crippen LogP contribution is 2.50. The Kier molecular flexibility index (Phi) is 9.14. The second kappa shape index (κ2) is 15.5. The second-order valence-corrected chi connectivity index (χ2v) is 15.1. The van der Waals surface area contributed by atoms with Crippen molar-refractivity contribution in [1.29, 1.82) is 0 Å². The van der Waals surface area contributed by atoms with Crippen molar-refractivity contribution in [3.63, 3.8) is 0 Å². The highest BCUT2D eigenvalue weighted by atomic mass is 16.3. The summed E-state index contributed by atoms with van der Waals surface area (Å²) in [6.07, 6.45) is 0. The number of benzene rings is 9. The Morgan fingerprint density at radius 1 is 0.246 bits per heavy atom. The van der Waals surface area contributed by atoms with E-state index in [1.54, 1.807) is 0 Å². The Morgan fingerprint density at radius 3 is 1.25 bits per heavy atom. The summed E-state index contributed by atoms with van der Waals surface area (Å²) in [6, 6.07) is 78.5. The van der Waals surface area contributed by atoms with E-state index in [4.69, 9.17) is 19.4 Å². The summed E-state index contributed by atoms with van der Waals surface area (Å²) in [7, 11) is 0. The van der Waals surface area contributed by atoms with E-state index in [-0.39, 0.29) is 0 Å². The van der Waals surface area contributed by atoms with Gasteiger partial charge in [0.05, 0.1) is 0 Å². The third kappa shape index (κ3) is 6.76. The first-order valence-electron chi connectivity index (χ1n) is 20.5. The van der Waals surface area contributed by atoms with Gasteiger partial charge in [0.2, 0.25) is 0 Å². The highest BCUT2D eigenvalue weighted by molar-refractivity contribution is 6.08. The van der Waals surface area contributed by atoms with Crippen molar-refractivity contribution in [2.24, 2.45) is 0 Å². The molecule has 11 aromatic rings. The second-order valence-electron chi connectivity index (χ2n) is 15.1. The van der Waals surface area contributed by atoms with Gasteiger partial charge in [-0.25, -0.2) is 15.0 Å². The topological polar surface area (TPSA) is 51.8 Å². The van der Waals surface area contributed by atoms with Crippen molar-refractivity contribution in [2.45, 2.75) is 0 Å². The first-order valence-corrected chi connectivity index (χ1v) is 20.5. The summed E-state index contributed by atoms with van der Waals surface area (Å²) < 4.78 is 6.18. The van der Waals surface area contributed by atoms with Crippen LogP contribution in [0, 0.1) is 0 Å². The van der Waals surface area contributed by atoms with Crippen molar-refractivity contribution < 1.29 is 4.42 Å². The van der Waals surface area contributed by atoms with E-state index in [1.165, 1.54) is 11.1 Å². The molecule has 0 unspecified atom stereocenters. The summed E-state index contributed by atoms with van der Waals surface area (Å²) in [6.45, 7) is 0. The van der Waals surface area contributed by atoms with Crippen molar-refractivity contribution in [1.82, 2.24) is 15.0 Å². The van der Waals surface area contributed by atoms with E-state index in [0.29, 0.717) is 17.5 Å². The number of nitrogens with zero attached hydrogens (tertiary/aromatic N) is 3. The molecule has 0 saturated heterocycles. The van der Waals surface area contributed by atoms with Gasteiger partial charge in [-0.2, -0.15) is 0 Å². The van der Waals surface area contributed by atoms with Crippen LogP contribution in [0.1, 0.15) is 0 Å². The molecule has 0 saturated carbocycles. The van der Waals surface area contributed by atoms with Gasteiger partial charge in [-0.1, -0.05) is 188 Å². The minimum absolute atomic E-state index is 0.594. The van der Waals surface area contributed by atoms with E-state index in [0.717, 1.165) is 83.1 Å². The van der Waals surface area contributed by atoms with Crippen LogP contribution >= 0.6 is 0 Å². The van der Waals surface area contributed by atoms with E-state index >= 15 is 0 Å². The molecule has 286 valence electrons. The average Bonchev–Trinajstić information content (AvgIpc) is 3.73. The van der Waals surface area contributed by atoms with Crippen molar-refractivity contribution >= 4 is 21.9 Å². The van der Waals surface area contributed by atoms with Gasteiger partial charge in [-0.3, -0.25) is 0 Å². The Morgan fingerprint density at radius 2 is 0.656 bits per heavy atom. The molecule has 4 nitrogen and oxygen atoms in total. The first kappa shape index (κ1) is 35.9. The van der Waals surface area contributed by atoms with Crippen LogP contribution in [0.5, 0.6) is 0 Å². The summed E-state index contributed by atoms with van der Waals surface area (Å²) in [5.74, 6) is 1.80. The van der Waals surface area contributed by atoms with Crippen LogP contribution in [-0.2, 0) is 0 Å². The molecule has 0 amide bonds. The summed E-state index contributed by atoms with van der Waals surface area (Å²) >= 11 is 0. The fourth-order valence-corrected chi connectivity index (χ4v) is 8.50. The van der Waals surface area contributed by atoms with Crippen LogP contribution in [0.25, 0.3) is 112 Å². The largest absolute Gasteiger partial charge is 0.456 e. The fraction of sp³-hybridized carbons (Fsp3) is 0. The van der Waals surface area contributed by atoms with Crippen molar-refractivity contribution in [3.8, 4) is 89.8 Å². The quantitative estimate of drug-likeness (QED) is 0.154. The van der Waals surface area contributed by atoms with Crippen LogP contribution in [0.15, 0.2) is 229 Å². The van der Waals surface area contributed by atoms with Gasteiger partial charge in [-0.15, -0.1) is 0 Å². The number of hydrogen-bond donors (Lipinski definition) is 0. The van der Waals surface area contributed by atoms with E-state index < -0.39 is 0 Å². The minimum atomic E-state index is 0.594. The third-order valence-electron chi connectivity index (χ3n) is 11.3. The zero-order valence-corrected chi connectivity index (χ0v) is 33.1. The Hall–Kier alpha value is -8.21. The lowest BCUT2D eigenvalue weighted by Crippen LogP contribution is -2.01. The number of fused-ring (bicyclic) bond motifs is 3. The molecule has 2 heterocycles. The lowest BCUT2D eigenvalue weighted by molar-refractivity contribution is 0.669. The van der Waals surface area contributed by atoms with E-state index in [2.05, 4.69) is 164 Å². The van der Waals surface area contributed by atoms with Gasteiger partial charge >= 0.3 is 0 Å². The molecule has 0 N–H and O–H groups in total. The maximum atomic E-state index is 6.18. The molecule has 0 aliphatic heterocycles. The normalized spacial score (nSPS) is 11.3. The molecule has 9 aromatic carbocycles. The van der Waals surface area contributed by atoms with Crippen LogP contribution in [0.4, 0.5) is 0 Å². The third-order valence-corrected chi connectivity index (χ3v) is 11.3. The molecule has 0 radical (unpaired) electrons. The fourth-order valence-electron chi connectivity index (χ4n) is 8.50. The van der Waals surface area contributed by atoms with Gasteiger partial charge in [0.15, 0.2) is 17.5 Å². The Labute approximate surface area is 354 Å². The number of rotatable bonds is 8. The molecule has 61 heavy (non-hydrogen) atoms. The molecule has 0 aliphatic rings. The Balaban J connectivity index is 1.17. The lowest BCUT2D eigenvalue weighted by Gasteiger charge is -2.24. The average molecular weight is 780 g/mol. The molecule has 0 bridgehead atoms. The molecule has 11 rings (SSSR count). The molecule has 0 aliphatic carbocycles. The van der Waals surface area contributed by atoms with Gasteiger partial charge in [0, 0.05) is 27.5 Å². The molecule has 2 aromatic heterocycles. The van der Waals surface area contributed by atoms with Crippen molar-refractivity contribution in [2.75, 3.05) is 0 Å². The van der Waals surface area contributed by atoms with Gasteiger partial charge in [0.25, 0.3) is 0 Å². The zero-order valence-electron chi connectivity index (χ0n) is 33.1. The molecular formula is C57H37N3O. The predicted molar refractivity (Wildman–Crippen MR) is 251 cm³/mol. The summed E-state index contributed by atoms with van der Waals surface area (Å²) in [5.41, 5.74) is 15.8. The maximum Gasteiger partial charge on any atom is 0.164 e. The standard InChI is InChI=1S/C57H37N3O/c1-6-19-38(20-7-1)47-37-48(53(40-23-10-3-11-24-40)54(41-25-12-4-13-26-41)52(47)39-21-8-2-9-22-39)43-29-18-30-44(35-43)56-58-55(42-27-14-5-15-28-42)59-57(60-56)45-33-34-51-49(36-45)46-31-16-17-32-50(46)61-51/h1-37H. The smallest absolute Gasteiger partial charge is 0.164 e. The molecule has 0 fully saturated rings. The number of aromatic nitrogens is 3.